The van der Waals surface area contributed by atoms with Crippen LogP contribution in [0.25, 0.3) is 0 Å². The van der Waals surface area contributed by atoms with Gasteiger partial charge in [0, 0.05) is 16.3 Å². The quantitative estimate of drug-likeness (QED) is 0.920. The maximum absolute atomic E-state index is 14.2. The third-order valence-corrected chi connectivity index (χ3v) is 3.82. The predicted molar refractivity (Wildman–Crippen MR) is 84.3 cm³/mol. The van der Waals surface area contributed by atoms with Gasteiger partial charge in [-0.2, -0.15) is 0 Å². The Morgan fingerprint density at radius 1 is 1.29 bits per heavy atom. The maximum Gasteiger partial charge on any atom is 0.196 e. The first-order chi connectivity index (χ1) is 10.1. The Morgan fingerprint density at radius 2 is 2.10 bits per heavy atom. The van der Waals surface area contributed by atoms with Crippen LogP contribution in [0.2, 0.25) is 5.02 Å². The van der Waals surface area contributed by atoms with E-state index < -0.39 is 0 Å². The number of benzene rings is 2. The van der Waals surface area contributed by atoms with Gasteiger partial charge >= 0.3 is 0 Å². The van der Waals surface area contributed by atoms with Crippen LogP contribution in [0.1, 0.15) is 17.2 Å². The third kappa shape index (κ3) is 2.59. The van der Waals surface area contributed by atoms with Gasteiger partial charge < -0.3 is 10.6 Å². The molecule has 1 unspecified atom stereocenters. The van der Waals surface area contributed by atoms with Crippen molar-refractivity contribution in [3.63, 3.8) is 0 Å². The fourth-order valence-corrected chi connectivity index (χ4v) is 2.78. The minimum atomic E-state index is -0.248. The van der Waals surface area contributed by atoms with E-state index in [1.54, 1.807) is 18.2 Å². The summed E-state index contributed by atoms with van der Waals surface area (Å²) in [6.45, 7) is 2.37. The number of halogens is 2. The molecule has 1 atom stereocenters. The third-order valence-electron chi connectivity index (χ3n) is 3.58. The summed E-state index contributed by atoms with van der Waals surface area (Å²) in [5.41, 5.74) is 8.40. The molecular formula is C16H15ClFN3. The highest BCUT2D eigenvalue weighted by Gasteiger charge is 2.30. The Kier molecular flexibility index (Phi) is 3.55. The SMILES string of the molecule is Cc1ccc(F)c(C2CN=C(N)N2c2cccc(Cl)c2)c1. The number of aliphatic imine (C=N–C) groups is 1. The highest BCUT2D eigenvalue weighted by molar-refractivity contribution is 6.30. The highest BCUT2D eigenvalue weighted by atomic mass is 35.5. The lowest BCUT2D eigenvalue weighted by molar-refractivity contribution is 0.589. The van der Waals surface area contributed by atoms with Gasteiger partial charge in [-0.1, -0.05) is 35.4 Å². The van der Waals surface area contributed by atoms with Gasteiger partial charge in [-0.3, -0.25) is 4.99 Å². The molecule has 0 spiro atoms. The molecule has 3 nitrogen and oxygen atoms in total. The minimum Gasteiger partial charge on any atom is -0.369 e. The molecule has 2 aromatic rings. The molecule has 2 N–H and O–H groups in total. The summed E-state index contributed by atoms with van der Waals surface area (Å²) in [7, 11) is 0. The number of aryl methyl sites for hydroxylation is 1. The summed E-state index contributed by atoms with van der Waals surface area (Å²) in [4.78, 5) is 6.09. The second kappa shape index (κ2) is 5.37. The molecule has 0 saturated heterocycles. The van der Waals surface area contributed by atoms with E-state index in [0.717, 1.165) is 11.3 Å². The van der Waals surface area contributed by atoms with E-state index in [4.69, 9.17) is 17.3 Å². The molecule has 2 aromatic carbocycles. The zero-order valence-electron chi connectivity index (χ0n) is 11.6. The zero-order chi connectivity index (χ0) is 15.0. The number of nitrogens with two attached hydrogens (primary N) is 1. The van der Waals surface area contributed by atoms with Crippen LogP contribution in [0.5, 0.6) is 0 Å². The lowest BCUT2D eigenvalue weighted by Crippen LogP contribution is -2.36. The van der Waals surface area contributed by atoms with Crippen LogP contribution < -0.4 is 10.6 Å². The van der Waals surface area contributed by atoms with Crippen molar-refractivity contribution in [1.29, 1.82) is 0 Å². The molecule has 0 aliphatic carbocycles. The average molecular weight is 304 g/mol. The summed E-state index contributed by atoms with van der Waals surface area (Å²) < 4.78 is 14.2. The van der Waals surface area contributed by atoms with Crippen LogP contribution in [0, 0.1) is 12.7 Å². The molecule has 0 fully saturated rings. The number of rotatable bonds is 2. The summed E-state index contributed by atoms with van der Waals surface area (Å²) in [5.74, 6) is 0.130. The van der Waals surface area contributed by atoms with E-state index in [9.17, 15) is 4.39 Å². The number of guanidine groups is 1. The van der Waals surface area contributed by atoms with Gasteiger partial charge in [0.15, 0.2) is 5.96 Å². The Bertz CT molecular complexity index is 714. The molecule has 1 aliphatic heterocycles. The van der Waals surface area contributed by atoms with Gasteiger partial charge in [0.05, 0.1) is 12.6 Å². The van der Waals surface area contributed by atoms with Crippen LogP contribution in [0.4, 0.5) is 10.1 Å². The summed E-state index contributed by atoms with van der Waals surface area (Å²) in [5, 5.41) is 0.607. The Hall–Kier alpha value is -2.07. The average Bonchev–Trinajstić information content (AvgIpc) is 2.83. The van der Waals surface area contributed by atoms with Gasteiger partial charge in [0.25, 0.3) is 0 Å². The molecule has 0 bridgehead atoms. The fourth-order valence-electron chi connectivity index (χ4n) is 2.59. The van der Waals surface area contributed by atoms with Crippen LogP contribution in [0.15, 0.2) is 47.5 Å². The Balaban J connectivity index is 2.05. The lowest BCUT2D eigenvalue weighted by atomic mass is 10.0. The maximum atomic E-state index is 14.2. The first kappa shape index (κ1) is 13.9. The lowest BCUT2D eigenvalue weighted by Gasteiger charge is -2.27. The van der Waals surface area contributed by atoms with E-state index >= 15 is 0 Å². The van der Waals surface area contributed by atoms with Crippen LogP contribution in [-0.4, -0.2) is 12.5 Å². The van der Waals surface area contributed by atoms with Crippen molar-refractivity contribution < 1.29 is 4.39 Å². The van der Waals surface area contributed by atoms with E-state index in [0.29, 0.717) is 23.1 Å². The molecule has 1 heterocycles. The monoisotopic (exact) mass is 303 g/mol. The predicted octanol–water partition coefficient (Wildman–Crippen LogP) is 3.66. The summed E-state index contributed by atoms with van der Waals surface area (Å²) in [6.07, 6.45) is 0. The molecule has 5 heteroatoms. The van der Waals surface area contributed by atoms with Gasteiger partial charge in [0.2, 0.25) is 0 Å². The number of hydrogen-bond acceptors (Lipinski definition) is 3. The minimum absolute atomic E-state index is 0.247. The number of anilines is 1. The van der Waals surface area contributed by atoms with Crippen molar-refractivity contribution in [2.45, 2.75) is 13.0 Å². The first-order valence-corrected chi connectivity index (χ1v) is 7.05. The highest BCUT2D eigenvalue weighted by Crippen LogP contribution is 2.33. The molecule has 3 rings (SSSR count). The molecule has 0 radical (unpaired) electrons. The van der Waals surface area contributed by atoms with Crippen LogP contribution in [0.3, 0.4) is 0 Å². The van der Waals surface area contributed by atoms with Crippen molar-refractivity contribution in [1.82, 2.24) is 0 Å². The normalized spacial score (nSPS) is 18.0. The summed E-state index contributed by atoms with van der Waals surface area (Å²) >= 11 is 6.04. The molecule has 21 heavy (non-hydrogen) atoms. The molecule has 108 valence electrons. The fraction of sp³-hybridized carbons (Fsp3) is 0.188. The molecular weight excluding hydrogens is 289 g/mol. The second-order valence-electron chi connectivity index (χ2n) is 5.09. The van der Waals surface area contributed by atoms with Gasteiger partial charge in [-0.05, 0) is 31.2 Å². The van der Waals surface area contributed by atoms with Crippen LogP contribution in [-0.2, 0) is 0 Å². The van der Waals surface area contributed by atoms with Gasteiger partial charge in [0.1, 0.15) is 5.82 Å². The topological polar surface area (TPSA) is 41.6 Å². The van der Waals surface area contributed by atoms with E-state index in [-0.39, 0.29) is 11.9 Å². The van der Waals surface area contributed by atoms with Crippen LogP contribution >= 0.6 is 11.6 Å². The molecule has 0 saturated carbocycles. The first-order valence-electron chi connectivity index (χ1n) is 6.67. The number of nitrogens with zero attached hydrogens (tertiary/aromatic N) is 2. The number of hydrogen-bond donors (Lipinski definition) is 1. The molecule has 1 aliphatic rings. The van der Waals surface area contributed by atoms with E-state index in [1.165, 1.54) is 6.07 Å². The largest absolute Gasteiger partial charge is 0.369 e. The van der Waals surface area contributed by atoms with E-state index in [2.05, 4.69) is 4.99 Å². The Labute approximate surface area is 127 Å². The smallest absolute Gasteiger partial charge is 0.196 e. The van der Waals surface area contributed by atoms with Crippen molar-refractivity contribution in [3.8, 4) is 0 Å². The Morgan fingerprint density at radius 3 is 2.86 bits per heavy atom. The van der Waals surface area contributed by atoms with Crippen molar-refractivity contribution >= 4 is 23.2 Å². The molecule has 0 amide bonds. The zero-order valence-corrected chi connectivity index (χ0v) is 12.3. The standard InChI is InChI=1S/C16H15ClFN3/c1-10-5-6-14(18)13(7-10)15-9-20-16(19)21(15)12-4-2-3-11(17)8-12/h2-8,15H,9H2,1H3,(H2,19,20). The molecule has 0 aromatic heterocycles. The van der Waals surface area contributed by atoms with Crippen molar-refractivity contribution in [2.24, 2.45) is 10.7 Å². The van der Waals surface area contributed by atoms with E-state index in [1.807, 2.05) is 30.0 Å². The van der Waals surface area contributed by atoms with Gasteiger partial charge in [-0.25, -0.2) is 4.39 Å². The van der Waals surface area contributed by atoms with Crippen molar-refractivity contribution in [3.05, 3.63) is 64.4 Å². The van der Waals surface area contributed by atoms with Crippen molar-refractivity contribution in [2.75, 3.05) is 11.4 Å². The summed E-state index contributed by atoms with van der Waals surface area (Å²) in [6, 6.07) is 12.1. The second-order valence-corrected chi connectivity index (χ2v) is 5.53. The van der Waals surface area contributed by atoms with Gasteiger partial charge in [-0.15, -0.1) is 0 Å².